The zero-order valence-corrected chi connectivity index (χ0v) is 25.3. The van der Waals surface area contributed by atoms with Crippen LogP contribution in [0.2, 0.25) is 10.0 Å². The van der Waals surface area contributed by atoms with E-state index in [2.05, 4.69) is 17.1 Å². The fourth-order valence-corrected chi connectivity index (χ4v) is 5.99. The smallest absolute Gasteiger partial charge is 0.318 e. The number of likely N-dealkylation sites (N-methyl/N-ethyl adjacent to an activating group) is 1. The first kappa shape index (κ1) is 30.4. The quantitative estimate of drug-likeness (QED) is 0.410. The van der Waals surface area contributed by atoms with Gasteiger partial charge in [0.15, 0.2) is 0 Å². The van der Waals surface area contributed by atoms with Gasteiger partial charge in [0, 0.05) is 61.3 Å². The lowest BCUT2D eigenvalue weighted by Crippen LogP contribution is -2.54. The van der Waals surface area contributed by atoms with Gasteiger partial charge in [-0.05, 0) is 76.0 Å². The lowest BCUT2D eigenvalue weighted by atomic mass is 9.91. The highest BCUT2D eigenvalue weighted by Gasteiger charge is 2.33. The number of carbonyl (C=O) groups is 2. The fourth-order valence-electron chi connectivity index (χ4n) is 5.51. The zero-order valence-electron chi connectivity index (χ0n) is 23.7. The number of likely N-dealkylation sites (tertiary alicyclic amines) is 2. The molecular formula is C30H41Cl2N5O3. The van der Waals surface area contributed by atoms with E-state index in [4.69, 9.17) is 32.9 Å². The van der Waals surface area contributed by atoms with Crippen molar-refractivity contribution in [3.63, 3.8) is 0 Å². The summed E-state index contributed by atoms with van der Waals surface area (Å²) in [6.45, 7) is 5.55. The number of hydrogen-bond acceptors (Lipinski definition) is 5. The highest BCUT2D eigenvalue weighted by Crippen LogP contribution is 2.34. The van der Waals surface area contributed by atoms with Crippen LogP contribution < -0.4 is 10.1 Å². The minimum atomic E-state index is -0.714. The van der Waals surface area contributed by atoms with E-state index in [0.717, 1.165) is 55.7 Å². The Hall–Kier alpha value is -2.55. The molecule has 10 heteroatoms. The molecule has 2 aliphatic heterocycles. The molecule has 8 nitrogen and oxygen atoms in total. The predicted octanol–water partition coefficient (Wildman–Crippen LogP) is 5.23. The van der Waals surface area contributed by atoms with E-state index in [9.17, 15) is 9.59 Å². The highest BCUT2D eigenvalue weighted by molar-refractivity contribution is 6.35. The van der Waals surface area contributed by atoms with Gasteiger partial charge in [-0.2, -0.15) is 0 Å². The molecule has 218 valence electrons. The number of nitrogens with one attached hydrogen (secondary N) is 1. The van der Waals surface area contributed by atoms with Crippen LogP contribution in [0.5, 0.6) is 5.75 Å². The van der Waals surface area contributed by atoms with Gasteiger partial charge in [0.25, 0.3) is 0 Å². The molecule has 0 saturated carbocycles. The molecule has 0 radical (unpaired) electrons. The van der Waals surface area contributed by atoms with Gasteiger partial charge in [-0.25, -0.2) is 4.79 Å². The van der Waals surface area contributed by atoms with Crippen molar-refractivity contribution < 1.29 is 14.3 Å². The molecule has 3 heterocycles. The number of carbonyl (C=O) groups excluding carboxylic acids is 2. The van der Waals surface area contributed by atoms with Crippen LogP contribution in [0, 0.1) is 0 Å². The zero-order chi connectivity index (χ0) is 28.6. The van der Waals surface area contributed by atoms with Crippen molar-refractivity contribution in [2.75, 3.05) is 46.8 Å². The molecule has 2 saturated heterocycles. The standard InChI is InChI=1S/C30H41Cl2N5O3/c1-4-24(20-35(2)3)40-27-8-7-13-33-28(27)21-11-16-36(17-12-21)29(38)26(34-30(39)37-14-5-6-15-37)18-22-9-10-23(31)19-25(22)32/h7-10,13,19,21,24,26H,4-6,11-12,14-18,20H2,1-3H3,(H,34,39)/t24-,26+/m0/s1. The van der Waals surface area contributed by atoms with Crippen LogP contribution in [-0.4, -0.2) is 90.6 Å². The van der Waals surface area contributed by atoms with Crippen LogP contribution in [0.1, 0.15) is 56.2 Å². The number of urea groups is 1. The molecule has 1 N–H and O–H groups in total. The summed E-state index contributed by atoms with van der Waals surface area (Å²) < 4.78 is 6.39. The molecule has 0 bridgehead atoms. The van der Waals surface area contributed by atoms with E-state index in [1.807, 2.05) is 43.4 Å². The molecule has 2 atom stereocenters. The summed E-state index contributed by atoms with van der Waals surface area (Å²) in [4.78, 5) is 37.3. The number of rotatable bonds is 10. The van der Waals surface area contributed by atoms with Gasteiger partial charge in [0.05, 0.1) is 5.69 Å². The molecule has 0 aliphatic carbocycles. The minimum absolute atomic E-state index is 0.0827. The molecule has 0 spiro atoms. The van der Waals surface area contributed by atoms with E-state index in [1.54, 1.807) is 17.0 Å². The summed E-state index contributed by atoms with van der Waals surface area (Å²) >= 11 is 12.5. The minimum Gasteiger partial charge on any atom is -0.487 e. The van der Waals surface area contributed by atoms with E-state index >= 15 is 0 Å². The van der Waals surface area contributed by atoms with Crippen molar-refractivity contribution in [2.45, 2.75) is 63.5 Å². The molecule has 2 aliphatic rings. The molecule has 40 heavy (non-hydrogen) atoms. The van der Waals surface area contributed by atoms with E-state index < -0.39 is 6.04 Å². The van der Waals surface area contributed by atoms with Gasteiger partial charge < -0.3 is 24.8 Å². The number of halogens is 2. The first-order valence-electron chi connectivity index (χ1n) is 14.3. The van der Waals surface area contributed by atoms with Crippen molar-refractivity contribution in [1.82, 2.24) is 25.0 Å². The summed E-state index contributed by atoms with van der Waals surface area (Å²) in [7, 11) is 4.09. The third kappa shape index (κ3) is 8.02. The second-order valence-corrected chi connectivity index (χ2v) is 11.9. The molecule has 1 aromatic carbocycles. The largest absolute Gasteiger partial charge is 0.487 e. The van der Waals surface area contributed by atoms with Crippen LogP contribution in [-0.2, 0) is 11.2 Å². The average Bonchev–Trinajstić information content (AvgIpc) is 3.49. The number of pyridine rings is 1. The molecule has 2 fully saturated rings. The third-order valence-electron chi connectivity index (χ3n) is 7.74. The Labute approximate surface area is 248 Å². The Morgan fingerprint density at radius 1 is 1.10 bits per heavy atom. The second-order valence-electron chi connectivity index (χ2n) is 11.0. The Morgan fingerprint density at radius 3 is 2.48 bits per heavy atom. The second kappa shape index (κ2) is 14.4. The van der Waals surface area contributed by atoms with Crippen LogP contribution in [0.3, 0.4) is 0 Å². The van der Waals surface area contributed by atoms with E-state index in [-0.39, 0.29) is 24.0 Å². The maximum atomic E-state index is 13.8. The predicted molar refractivity (Wildman–Crippen MR) is 159 cm³/mol. The number of hydrogen-bond donors (Lipinski definition) is 1. The fraction of sp³-hybridized carbons (Fsp3) is 0.567. The van der Waals surface area contributed by atoms with Crippen molar-refractivity contribution >= 4 is 35.1 Å². The Kier molecular flexibility index (Phi) is 10.9. The van der Waals surface area contributed by atoms with Gasteiger partial charge >= 0.3 is 6.03 Å². The molecule has 2 aromatic rings. The third-order valence-corrected chi connectivity index (χ3v) is 8.33. The maximum Gasteiger partial charge on any atom is 0.318 e. The monoisotopic (exact) mass is 589 g/mol. The number of nitrogens with zero attached hydrogens (tertiary/aromatic N) is 4. The molecular weight excluding hydrogens is 549 g/mol. The van der Waals surface area contributed by atoms with Crippen molar-refractivity contribution in [2.24, 2.45) is 0 Å². The molecule has 3 amide bonds. The average molecular weight is 591 g/mol. The Morgan fingerprint density at radius 2 is 1.82 bits per heavy atom. The normalized spacial score (nSPS) is 17.6. The highest BCUT2D eigenvalue weighted by atomic mass is 35.5. The van der Waals surface area contributed by atoms with Gasteiger partial charge in [0.1, 0.15) is 17.9 Å². The summed E-state index contributed by atoms with van der Waals surface area (Å²) in [6.07, 6.45) is 6.62. The summed E-state index contributed by atoms with van der Waals surface area (Å²) in [6, 6.07) is 8.24. The van der Waals surface area contributed by atoms with Gasteiger partial charge in [-0.15, -0.1) is 0 Å². The van der Waals surface area contributed by atoms with Crippen LogP contribution >= 0.6 is 23.2 Å². The first-order valence-corrected chi connectivity index (χ1v) is 15.0. The van der Waals surface area contributed by atoms with Gasteiger partial charge in [0.2, 0.25) is 5.91 Å². The van der Waals surface area contributed by atoms with Gasteiger partial charge in [-0.3, -0.25) is 9.78 Å². The first-order chi connectivity index (χ1) is 19.2. The Bertz CT molecular complexity index is 1150. The van der Waals surface area contributed by atoms with Crippen LogP contribution in [0.4, 0.5) is 4.79 Å². The lowest BCUT2D eigenvalue weighted by Gasteiger charge is -2.35. The summed E-state index contributed by atoms with van der Waals surface area (Å²) in [5.74, 6) is 0.932. The summed E-state index contributed by atoms with van der Waals surface area (Å²) in [5.41, 5.74) is 1.73. The van der Waals surface area contributed by atoms with Crippen molar-refractivity contribution in [1.29, 1.82) is 0 Å². The number of amides is 3. The van der Waals surface area contributed by atoms with E-state index in [0.29, 0.717) is 42.6 Å². The van der Waals surface area contributed by atoms with Crippen LogP contribution in [0.15, 0.2) is 36.5 Å². The molecule has 4 rings (SSSR count). The molecule has 0 unspecified atom stereocenters. The number of benzene rings is 1. The van der Waals surface area contributed by atoms with Crippen LogP contribution in [0.25, 0.3) is 0 Å². The van der Waals surface area contributed by atoms with Crippen molar-refractivity contribution in [3.8, 4) is 5.75 Å². The lowest BCUT2D eigenvalue weighted by molar-refractivity contribution is -0.134. The maximum absolute atomic E-state index is 13.8. The number of aromatic nitrogens is 1. The molecule has 1 aromatic heterocycles. The number of ether oxygens (including phenoxy) is 1. The Balaban J connectivity index is 1.44. The van der Waals surface area contributed by atoms with Gasteiger partial charge in [-0.1, -0.05) is 36.2 Å². The van der Waals surface area contributed by atoms with Crippen molar-refractivity contribution in [3.05, 3.63) is 57.8 Å². The SMILES string of the molecule is CC[C@@H](CN(C)C)Oc1cccnc1C1CCN(C(=O)[C@@H](Cc2ccc(Cl)cc2Cl)NC(=O)N2CCCC2)CC1. The topological polar surface area (TPSA) is 78.0 Å². The number of piperidine rings is 1. The van der Waals surface area contributed by atoms with E-state index in [1.165, 1.54) is 0 Å². The summed E-state index contributed by atoms with van der Waals surface area (Å²) in [5, 5.41) is 4.03.